The van der Waals surface area contributed by atoms with Crippen molar-refractivity contribution in [2.75, 3.05) is 6.61 Å². The standard InChI is InChI=1S/C30H36O4Si/c1-29(2,3)35(23-17-11-7-12-18-23,24-19-13-8-14-20-24)31-21-25-27-28(34-30(4,5)33-27)26(32-25)22-15-9-6-10-16-22/h6-20,25-28H,21H2,1-5H3/t25-,26-,27-,28+/m1/s1. The van der Waals surface area contributed by atoms with Crippen molar-refractivity contribution in [3.63, 3.8) is 0 Å². The molecule has 3 aromatic rings. The number of hydrogen-bond donors (Lipinski definition) is 0. The van der Waals surface area contributed by atoms with Gasteiger partial charge in [-0.25, -0.2) is 0 Å². The minimum absolute atomic E-state index is 0.0984. The number of rotatable bonds is 6. The molecule has 0 N–H and O–H groups in total. The van der Waals surface area contributed by atoms with E-state index < -0.39 is 14.1 Å². The van der Waals surface area contributed by atoms with Crippen molar-refractivity contribution in [2.45, 2.75) is 69.9 Å². The zero-order chi connectivity index (χ0) is 24.7. The van der Waals surface area contributed by atoms with Crippen LogP contribution in [0.15, 0.2) is 91.0 Å². The van der Waals surface area contributed by atoms with E-state index in [0.717, 1.165) is 5.56 Å². The minimum atomic E-state index is -2.67. The molecule has 2 aliphatic rings. The molecule has 0 aromatic heterocycles. The van der Waals surface area contributed by atoms with E-state index in [1.54, 1.807) is 0 Å². The molecule has 3 aromatic carbocycles. The third kappa shape index (κ3) is 4.52. The maximum atomic E-state index is 7.19. The number of ether oxygens (including phenoxy) is 3. The Kier molecular flexibility index (Phi) is 6.49. The molecular weight excluding hydrogens is 452 g/mol. The van der Waals surface area contributed by atoms with Crippen LogP contribution in [-0.2, 0) is 18.6 Å². The lowest BCUT2D eigenvalue weighted by molar-refractivity contribution is -0.190. The Bertz CT molecular complexity index is 1070. The van der Waals surface area contributed by atoms with E-state index in [1.165, 1.54) is 10.4 Å². The quantitative estimate of drug-likeness (QED) is 0.446. The molecular formula is C30H36O4Si. The normalized spacial score (nSPS) is 26.0. The van der Waals surface area contributed by atoms with E-state index in [2.05, 4.69) is 93.6 Å². The third-order valence-corrected chi connectivity index (χ3v) is 12.2. The highest BCUT2D eigenvalue weighted by Gasteiger charge is 2.57. The molecule has 2 fully saturated rings. The average Bonchev–Trinajstić information content (AvgIpc) is 3.33. The first-order chi connectivity index (χ1) is 16.7. The van der Waals surface area contributed by atoms with Crippen LogP contribution in [0.25, 0.3) is 0 Å². The first-order valence-corrected chi connectivity index (χ1v) is 14.4. The van der Waals surface area contributed by atoms with Crippen molar-refractivity contribution in [3.05, 3.63) is 96.6 Å². The lowest BCUT2D eigenvalue weighted by atomic mass is 10.0. The molecule has 184 valence electrons. The molecule has 4 atom stereocenters. The van der Waals surface area contributed by atoms with Crippen molar-refractivity contribution < 1.29 is 18.6 Å². The second kappa shape index (κ2) is 9.30. The SMILES string of the molecule is CC1(C)O[C@@H]2[C@H](O1)[C@@H](CO[Si](c1ccccc1)(c1ccccc1)C(C)(C)C)O[C@@H]2c1ccccc1. The van der Waals surface area contributed by atoms with Gasteiger partial charge in [-0.2, -0.15) is 0 Å². The summed E-state index contributed by atoms with van der Waals surface area (Å²) in [7, 11) is -2.67. The summed E-state index contributed by atoms with van der Waals surface area (Å²) in [4.78, 5) is 0. The first-order valence-electron chi connectivity index (χ1n) is 12.5. The predicted molar refractivity (Wildman–Crippen MR) is 141 cm³/mol. The number of hydrogen-bond acceptors (Lipinski definition) is 4. The molecule has 2 heterocycles. The van der Waals surface area contributed by atoms with Gasteiger partial charge in [0.2, 0.25) is 0 Å². The maximum Gasteiger partial charge on any atom is 0.261 e. The summed E-state index contributed by atoms with van der Waals surface area (Å²) in [6.07, 6.45) is -0.766. The topological polar surface area (TPSA) is 36.9 Å². The highest BCUT2D eigenvalue weighted by molar-refractivity contribution is 6.99. The van der Waals surface area contributed by atoms with E-state index in [1.807, 2.05) is 32.0 Å². The highest BCUT2D eigenvalue weighted by atomic mass is 28.4. The summed E-state index contributed by atoms with van der Waals surface area (Å²) >= 11 is 0. The fraction of sp³-hybridized carbons (Fsp3) is 0.400. The Balaban J connectivity index is 1.50. The summed E-state index contributed by atoms with van der Waals surface area (Å²) in [6.45, 7) is 11.3. The Morgan fingerprint density at radius 2 is 1.23 bits per heavy atom. The van der Waals surface area contributed by atoms with Gasteiger partial charge >= 0.3 is 0 Å². The molecule has 0 radical (unpaired) electrons. The molecule has 0 amide bonds. The van der Waals surface area contributed by atoms with Gasteiger partial charge in [0.25, 0.3) is 8.32 Å². The molecule has 5 heteroatoms. The van der Waals surface area contributed by atoms with Crippen LogP contribution in [0.4, 0.5) is 0 Å². The summed E-state index contributed by atoms with van der Waals surface area (Å²) in [5, 5.41) is 2.42. The van der Waals surface area contributed by atoms with Crippen LogP contribution in [-0.4, -0.2) is 39.0 Å². The minimum Gasteiger partial charge on any atom is -0.405 e. The van der Waals surface area contributed by atoms with Crippen molar-refractivity contribution in [3.8, 4) is 0 Å². The molecule has 0 spiro atoms. The summed E-state index contributed by atoms with van der Waals surface area (Å²) in [5.41, 5.74) is 1.11. The van der Waals surface area contributed by atoms with Gasteiger partial charge in [-0.15, -0.1) is 0 Å². The molecule has 4 nitrogen and oxygen atoms in total. The molecule has 35 heavy (non-hydrogen) atoms. The second-order valence-electron chi connectivity index (χ2n) is 11.0. The van der Waals surface area contributed by atoms with Crippen molar-refractivity contribution >= 4 is 18.7 Å². The van der Waals surface area contributed by atoms with Crippen molar-refractivity contribution in [1.29, 1.82) is 0 Å². The van der Waals surface area contributed by atoms with Gasteiger partial charge < -0.3 is 18.6 Å². The fourth-order valence-electron chi connectivity index (χ4n) is 5.70. The lowest BCUT2D eigenvalue weighted by Gasteiger charge is -2.43. The van der Waals surface area contributed by atoms with Crippen LogP contribution < -0.4 is 10.4 Å². The summed E-state index contributed by atoms with van der Waals surface area (Å²) < 4.78 is 26.6. The Labute approximate surface area is 210 Å². The van der Waals surface area contributed by atoms with E-state index in [4.69, 9.17) is 18.6 Å². The van der Waals surface area contributed by atoms with Crippen LogP contribution in [0.5, 0.6) is 0 Å². The largest absolute Gasteiger partial charge is 0.405 e. The van der Waals surface area contributed by atoms with E-state index in [0.29, 0.717) is 6.61 Å². The zero-order valence-electron chi connectivity index (χ0n) is 21.3. The van der Waals surface area contributed by atoms with Crippen LogP contribution in [0.1, 0.15) is 46.3 Å². The predicted octanol–water partition coefficient (Wildman–Crippen LogP) is 5.22. The van der Waals surface area contributed by atoms with Crippen LogP contribution in [0, 0.1) is 0 Å². The Hall–Kier alpha value is -2.28. The number of benzene rings is 3. The molecule has 0 unspecified atom stereocenters. The van der Waals surface area contributed by atoms with Gasteiger partial charge in [-0.05, 0) is 34.8 Å². The van der Waals surface area contributed by atoms with Crippen LogP contribution in [0.2, 0.25) is 5.04 Å². The first kappa shape index (κ1) is 24.4. The van der Waals surface area contributed by atoms with Crippen molar-refractivity contribution in [2.24, 2.45) is 0 Å². The fourth-order valence-corrected chi connectivity index (χ4v) is 10.3. The molecule has 2 aliphatic heterocycles. The van der Waals surface area contributed by atoms with Crippen molar-refractivity contribution in [1.82, 2.24) is 0 Å². The number of fused-ring (bicyclic) bond motifs is 1. The van der Waals surface area contributed by atoms with Gasteiger partial charge in [-0.3, -0.25) is 0 Å². The Morgan fingerprint density at radius 1 is 0.743 bits per heavy atom. The van der Waals surface area contributed by atoms with Gasteiger partial charge in [0.1, 0.15) is 24.4 Å². The second-order valence-corrected chi connectivity index (χ2v) is 15.4. The Morgan fingerprint density at radius 3 is 1.74 bits per heavy atom. The highest BCUT2D eigenvalue weighted by Crippen LogP contribution is 2.46. The van der Waals surface area contributed by atoms with Crippen LogP contribution in [0.3, 0.4) is 0 Å². The zero-order valence-corrected chi connectivity index (χ0v) is 22.3. The van der Waals surface area contributed by atoms with E-state index in [9.17, 15) is 0 Å². The summed E-state index contributed by atoms with van der Waals surface area (Å²) in [5.74, 6) is -0.651. The molecule has 0 saturated carbocycles. The van der Waals surface area contributed by atoms with Gasteiger partial charge in [0, 0.05) is 0 Å². The molecule has 5 rings (SSSR count). The third-order valence-electron chi connectivity index (χ3n) is 7.16. The van der Waals surface area contributed by atoms with E-state index in [-0.39, 0.29) is 29.5 Å². The smallest absolute Gasteiger partial charge is 0.261 e. The van der Waals surface area contributed by atoms with Gasteiger partial charge in [0.05, 0.1) is 6.61 Å². The van der Waals surface area contributed by atoms with Gasteiger partial charge in [0.15, 0.2) is 5.79 Å². The summed E-state index contributed by atoms with van der Waals surface area (Å²) in [6, 6.07) is 31.7. The maximum absolute atomic E-state index is 7.19. The molecule has 2 saturated heterocycles. The van der Waals surface area contributed by atoms with Gasteiger partial charge in [-0.1, -0.05) is 112 Å². The monoisotopic (exact) mass is 488 g/mol. The molecule has 0 aliphatic carbocycles. The van der Waals surface area contributed by atoms with Crippen LogP contribution >= 0.6 is 0 Å². The average molecular weight is 489 g/mol. The lowest BCUT2D eigenvalue weighted by Crippen LogP contribution is -2.67. The molecule has 0 bridgehead atoms. The van der Waals surface area contributed by atoms with E-state index >= 15 is 0 Å².